The van der Waals surface area contributed by atoms with Gasteiger partial charge in [0.15, 0.2) is 6.10 Å². The Morgan fingerprint density at radius 3 is 2.23 bits per heavy atom. The molecule has 0 spiro atoms. The summed E-state index contributed by atoms with van der Waals surface area (Å²) < 4.78 is 5.25. The minimum atomic E-state index is -0.972. The smallest absolute Gasteiger partial charge is 0.339 e. The Balaban J connectivity index is 2.12. The molecule has 2 aromatic carbocycles. The Hall–Kier alpha value is -2.04. The molecule has 0 saturated heterocycles. The van der Waals surface area contributed by atoms with Gasteiger partial charge < -0.3 is 10.1 Å². The lowest BCUT2D eigenvalue weighted by Gasteiger charge is -2.19. The van der Waals surface area contributed by atoms with Crippen LogP contribution in [0.5, 0.6) is 0 Å². The number of carbonyl (C=O) groups is 2. The van der Waals surface area contributed by atoms with Crippen LogP contribution in [0.2, 0.25) is 10.0 Å². The van der Waals surface area contributed by atoms with E-state index in [-0.39, 0.29) is 11.5 Å². The second-order valence-electron chi connectivity index (χ2n) is 6.39. The molecule has 2 aromatic rings. The monoisotopic (exact) mass is 393 g/mol. The van der Waals surface area contributed by atoms with Gasteiger partial charge in [0, 0.05) is 15.7 Å². The average molecular weight is 394 g/mol. The Morgan fingerprint density at radius 2 is 1.65 bits per heavy atom. The lowest BCUT2D eigenvalue weighted by Crippen LogP contribution is -2.30. The molecule has 0 fully saturated rings. The van der Waals surface area contributed by atoms with E-state index in [0.29, 0.717) is 10.0 Å². The van der Waals surface area contributed by atoms with Gasteiger partial charge in [-0.15, -0.1) is 0 Å². The molecule has 26 heavy (non-hydrogen) atoms. The summed E-state index contributed by atoms with van der Waals surface area (Å²) in [5.74, 6) is -0.815. The van der Waals surface area contributed by atoms with Crippen molar-refractivity contribution in [3.05, 3.63) is 63.1 Å². The maximum atomic E-state index is 12.5. The van der Waals surface area contributed by atoms with E-state index in [1.165, 1.54) is 25.1 Å². The molecule has 1 amide bonds. The van der Waals surface area contributed by atoms with Crippen molar-refractivity contribution in [2.75, 3.05) is 5.32 Å². The summed E-state index contributed by atoms with van der Waals surface area (Å²) in [6, 6.07) is 10.2. The number of nitrogens with one attached hydrogen (secondary N) is 1. The third kappa shape index (κ3) is 4.99. The number of carbonyl (C=O) groups excluding carboxylic acids is 2. The molecule has 1 atom stereocenters. The SMILES string of the molecule is Cc1cccc(C(C)C)c1NC(=O)[C@@H](C)OC(=O)c1cc(Cl)cc(Cl)c1. The summed E-state index contributed by atoms with van der Waals surface area (Å²) in [5.41, 5.74) is 2.92. The van der Waals surface area contributed by atoms with E-state index >= 15 is 0 Å². The molecular formula is C20H21Cl2NO3. The first-order chi connectivity index (χ1) is 12.2. The van der Waals surface area contributed by atoms with E-state index in [1.807, 2.05) is 25.1 Å². The van der Waals surface area contributed by atoms with Crippen LogP contribution in [0.25, 0.3) is 0 Å². The van der Waals surface area contributed by atoms with Gasteiger partial charge in [-0.1, -0.05) is 55.2 Å². The highest BCUT2D eigenvalue weighted by atomic mass is 35.5. The predicted molar refractivity (Wildman–Crippen MR) is 105 cm³/mol. The molecule has 0 radical (unpaired) electrons. The zero-order valence-electron chi connectivity index (χ0n) is 15.1. The van der Waals surface area contributed by atoms with Crippen LogP contribution in [0, 0.1) is 6.92 Å². The second kappa shape index (κ2) is 8.56. The molecule has 0 aliphatic heterocycles. The summed E-state index contributed by atoms with van der Waals surface area (Å²) in [6.07, 6.45) is -0.972. The van der Waals surface area contributed by atoms with Crippen molar-refractivity contribution in [3.8, 4) is 0 Å². The van der Waals surface area contributed by atoms with E-state index in [2.05, 4.69) is 19.2 Å². The summed E-state index contributed by atoms with van der Waals surface area (Å²) in [4.78, 5) is 24.7. The zero-order valence-corrected chi connectivity index (χ0v) is 16.6. The van der Waals surface area contributed by atoms with E-state index in [9.17, 15) is 9.59 Å². The molecule has 0 heterocycles. The Morgan fingerprint density at radius 1 is 1.04 bits per heavy atom. The van der Waals surface area contributed by atoms with Crippen molar-refractivity contribution in [3.63, 3.8) is 0 Å². The fourth-order valence-corrected chi connectivity index (χ4v) is 3.05. The van der Waals surface area contributed by atoms with Gasteiger partial charge in [-0.3, -0.25) is 4.79 Å². The van der Waals surface area contributed by atoms with E-state index in [4.69, 9.17) is 27.9 Å². The van der Waals surface area contributed by atoms with Crippen LogP contribution in [0.15, 0.2) is 36.4 Å². The maximum Gasteiger partial charge on any atom is 0.339 e. The van der Waals surface area contributed by atoms with Crippen molar-refractivity contribution in [2.24, 2.45) is 0 Å². The van der Waals surface area contributed by atoms with Crippen LogP contribution in [0.4, 0.5) is 5.69 Å². The maximum absolute atomic E-state index is 12.5. The molecule has 0 bridgehead atoms. The summed E-state index contributed by atoms with van der Waals surface area (Å²) in [5, 5.41) is 3.52. The van der Waals surface area contributed by atoms with Gasteiger partial charge in [0.05, 0.1) is 5.56 Å². The van der Waals surface area contributed by atoms with Gasteiger partial charge in [-0.2, -0.15) is 0 Å². The largest absolute Gasteiger partial charge is 0.449 e. The number of esters is 1. The molecule has 0 aromatic heterocycles. The summed E-state index contributed by atoms with van der Waals surface area (Å²) in [6.45, 7) is 7.55. The Bertz CT molecular complexity index is 814. The number of para-hydroxylation sites is 1. The van der Waals surface area contributed by atoms with Gasteiger partial charge in [-0.25, -0.2) is 4.79 Å². The van der Waals surface area contributed by atoms with Crippen LogP contribution in [-0.2, 0) is 9.53 Å². The van der Waals surface area contributed by atoms with Gasteiger partial charge in [-0.05, 0) is 49.1 Å². The van der Waals surface area contributed by atoms with Crippen LogP contribution in [0.3, 0.4) is 0 Å². The number of anilines is 1. The third-order valence-electron chi connectivity index (χ3n) is 3.93. The van der Waals surface area contributed by atoms with Crippen molar-refractivity contribution in [1.82, 2.24) is 0 Å². The van der Waals surface area contributed by atoms with E-state index in [1.54, 1.807) is 0 Å². The first-order valence-corrected chi connectivity index (χ1v) is 9.02. The predicted octanol–water partition coefficient (Wildman–Crippen LogP) is 5.61. The molecule has 0 aliphatic rings. The Labute approximate surface area is 163 Å². The molecule has 0 aliphatic carbocycles. The molecule has 0 saturated carbocycles. The number of benzene rings is 2. The van der Waals surface area contributed by atoms with Crippen molar-refractivity contribution in [1.29, 1.82) is 0 Å². The second-order valence-corrected chi connectivity index (χ2v) is 7.26. The van der Waals surface area contributed by atoms with Crippen molar-refractivity contribution in [2.45, 2.75) is 39.7 Å². The van der Waals surface area contributed by atoms with Gasteiger partial charge in [0.25, 0.3) is 5.91 Å². The number of halogens is 2. The molecule has 6 heteroatoms. The highest BCUT2D eigenvalue weighted by molar-refractivity contribution is 6.35. The zero-order chi connectivity index (χ0) is 19.4. The van der Waals surface area contributed by atoms with Crippen LogP contribution < -0.4 is 5.32 Å². The molecule has 1 N–H and O–H groups in total. The minimum absolute atomic E-state index is 0.195. The first-order valence-electron chi connectivity index (χ1n) is 8.26. The van der Waals surface area contributed by atoms with Gasteiger partial charge in [0.1, 0.15) is 0 Å². The molecular weight excluding hydrogens is 373 g/mol. The first kappa shape index (κ1) is 20.3. The van der Waals surface area contributed by atoms with E-state index < -0.39 is 18.0 Å². The van der Waals surface area contributed by atoms with Crippen LogP contribution >= 0.6 is 23.2 Å². The van der Waals surface area contributed by atoms with Crippen LogP contribution in [-0.4, -0.2) is 18.0 Å². The molecule has 0 unspecified atom stereocenters. The third-order valence-corrected chi connectivity index (χ3v) is 4.36. The van der Waals surface area contributed by atoms with Crippen molar-refractivity contribution >= 4 is 40.8 Å². The summed E-state index contributed by atoms with van der Waals surface area (Å²) in [7, 11) is 0. The normalized spacial score (nSPS) is 12.0. The fraction of sp³-hybridized carbons (Fsp3) is 0.300. The van der Waals surface area contributed by atoms with Crippen molar-refractivity contribution < 1.29 is 14.3 Å². The number of hydrogen-bond donors (Lipinski definition) is 1. The standard InChI is InChI=1S/C20H21Cl2NO3/c1-11(2)17-7-5-6-12(3)18(17)23-19(24)13(4)26-20(25)14-8-15(21)10-16(22)9-14/h5-11,13H,1-4H3,(H,23,24)/t13-/m1/s1. The quantitative estimate of drug-likeness (QED) is 0.671. The lowest BCUT2D eigenvalue weighted by atomic mass is 9.98. The number of hydrogen-bond acceptors (Lipinski definition) is 3. The number of ether oxygens (including phenoxy) is 1. The Kier molecular flexibility index (Phi) is 6.68. The topological polar surface area (TPSA) is 55.4 Å². The lowest BCUT2D eigenvalue weighted by molar-refractivity contribution is -0.123. The molecule has 2 rings (SSSR count). The highest BCUT2D eigenvalue weighted by Crippen LogP contribution is 2.27. The molecule has 138 valence electrons. The van der Waals surface area contributed by atoms with Gasteiger partial charge in [0.2, 0.25) is 0 Å². The van der Waals surface area contributed by atoms with Crippen LogP contribution in [0.1, 0.15) is 48.2 Å². The highest BCUT2D eigenvalue weighted by Gasteiger charge is 2.21. The molecule has 4 nitrogen and oxygen atoms in total. The average Bonchev–Trinajstić information content (AvgIpc) is 2.55. The number of aryl methyl sites for hydroxylation is 1. The minimum Gasteiger partial charge on any atom is -0.449 e. The fourth-order valence-electron chi connectivity index (χ4n) is 2.52. The van der Waals surface area contributed by atoms with Gasteiger partial charge >= 0.3 is 5.97 Å². The number of rotatable bonds is 5. The van der Waals surface area contributed by atoms with E-state index in [0.717, 1.165) is 16.8 Å². The summed E-state index contributed by atoms with van der Waals surface area (Å²) >= 11 is 11.8. The number of amides is 1.